The number of carbonyl (C=O) groups excluding carboxylic acids is 1. The van der Waals surface area contributed by atoms with E-state index in [4.69, 9.17) is 9.15 Å². The van der Waals surface area contributed by atoms with E-state index in [1.807, 2.05) is 54.6 Å². The minimum absolute atomic E-state index is 0.0794. The van der Waals surface area contributed by atoms with Crippen LogP contribution in [0.1, 0.15) is 33.3 Å². The first kappa shape index (κ1) is 23.0. The highest BCUT2D eigenvalue weighted by Gasteiger charge is 2.12. The van der Waals surface area contributed by atoms with Gasteiger partial charge in [-0.2, -0.15) is 5.10 Å². The number of nitrogens with one attached hydrogen (secondary N) is 1. The molecular weight excluding hydrogens is 454 g/mol. The van der Waals surface area contributed by atoms with Gasteiger partial charge in [-0.3, -0.25) is 4.79 Å². The van der Waals surface area contributed by atoms with Crippen molar-refractivity contribution in [3.05, 3.63) is 113 Å². The molecule has 0 radical (unpaired) electrons. The number of aromatic nitrogens is 1. The summed E-state index contributed by atoms with van der Waals surface area (Å²) in [4.78, 5) is 12.5. The van der Waals surface area contributed by atoms with Crippen LogP contribution < -0.4 is 10.2 Å². The topological polar surface area (TPSA) is 89.0 Å². The Balaban J connectivity index is 1.19. The second-order valence-corrected chi connectivity index (χ2v) is 8.42. The van der Waals surface area contributed by atoms with Gasteiger partial charge in [0.2, 0.25) is 0 Å². The van der Waals surface area contributed by atoms with E-state index in [0.29, 0.717) is 17.1 Å². The van der Waals surface area contributed by atoms with Crippen molar-refractivity contribution in [3.63, 3.8) is 0 Å². The largest absolute Gasteiger partial charge is 0.507 e. The maximum absolute atomic E-state index is 12.5. The number of fused-ring (bicyclic) bond motifs is 1. The molecule has 0 bridgehead atoms. The summed E-state index contributed by atoms with van der Waals surface area (Å²) in [5, 5.41) is 16.0. The minimum Gasteiger partial charge on any atom is -0.507 e. The van der Waals surface area contributed by atoms with Crippen LogP contribution in [0.15, 0.2) is 94.4 Å². The van der Waals surface area contributed by atoms with Crippen LogP contribution in [-0.2, 0) is 6.61 Å². The van der Waals surface area contributed by atoms with Gasteiger partial charge >= 0.3 is 5.91 Å². The highest BCUT2D eigenvalue weighted by atomic mass is 16.5. The Morgan fingerprint density at radius 2 is 1.72 bits per heavy atom. The van der Waals surface area contributed by atoms with Crippen molar-refractivity contribution in [1.29, 1.82) is 0 Å². The molecule has 0 atom stereocenters. The van der Waals surface area contributed by atoms with E-state index >= 15 is 0 Å². The number of furan rings is 1. The number of amides is 1. The Labute approximate surface area is 208 Å². The smallest absolute Gasteiger partial charge is 0.307 e. The number of carbonyl (C=O) groups is 1. The number of benzene rings is 3. The van der Waals surface area contributed by atoms with Crippen molar-refractivity contribution >= 4 is 22.9 Å². The summed E-state index contributed by atoms with van der Waals surface area (Å²) >= 11 is 0. The van der Waals surface area contributed by atoms with Crippen LogP contribution in [0.3, 0.4) is 0 Å². The van der Waals surface area contributed by atoms with Gasteiger partial charge in [0.05, 0.1) is 6.21 Å². The summed E-state index contributed by atoms with van der Waals surface area (Å²) in [6, 6.07) is 26.3. The molecule has 2 aromatic heterocycles. The SMILES string of the molecule is Cc1ccc(C)n1-c1ccc(OCc2ccc(C(=O)N/N=C/c3c(O)ccc4ccccc34)o2)cc1. The van der Waals surface area contributed by atoms with E-state index in [0.717, 1.165) is 16.5 Å². The zero-order chi connectivity index (χ0) is 25.1. The molecule has 7 nitrogen and oxygen atoms in total. The Bertz CT molecular complexity index is 1540. The fraction of sp³-hybridized carbons (Fsp3) is 0.103. The first-order valence-electron chi connectivity index (χ1n) is 11.5. The zero-order valence-corrected chi connectivity index (χ0v) is 19.9. The minimum atomic E-state index is -0.501. The summed E-state index contributed by atoms with van der Waals surface area (Å²) in [7, 11) is 0. The molecule has 7 heteroatoms. The standard InChI is InChI=1S/C29H25N3O4/c1-19-7-8-20(2)32(19)22-10-12-23(13-11-22)35-18-24-14-16-28(36-24)29(34)31-30-17-26-25-6-4-3-5-21(25)9-15-27(26)33/h3-17,33H,18H2,1-2H3,(H,31,34)/b30-17+. The Morgan fingerprint density at radius 1 is 0.972 bits per heavy atom. The van der Waals surface area contributed by atoms with Crippen LogP contribution in [0.2, 0.25) is 0 Å². The third-order valence-corrected chi connectivity index (χ3v) is 5.94. The van der Waals surface area contributed by atoms with Gasteiger partial charge in [0.15, 0.2) is 5.76 Å². The van der Waals surface area contributed by atoms with Crippen molar-refractivity contribution in [2.45, 2.75) is 20.5 Å². The van der Waals surface area contributed by atoms with Crippen molar-refractivity contribution in [2.24, 2.45) is 5.10 Å². The van der Waals surface area contributed by atoms with Gasteiger partial charge < -0.3 is 18.8 Å². The summed E-state index contributed by atoms with van der Waals surface area (Å²) in [6.07, 6.45) is 1.42. The van der Waals surface area contributed by atoms with Gasteiger partial charge in [-0.05, 0) is 79.2 Å². The van der Waals surface area contributed by atoms with Gasteiger partial charge in [0.25, 0.3) is 0 Å². The molecule has 3 aromatic carbocycles. The molecule has 0 saturated heterocycles. The number of hydrogen-bond acceptors (Lipinski definition) is 5. The van der Waals surface area contributed by atoms with E-state index in [9.17, 15) is 9.90 Å². The van der Waals surface area contributed by atoms with Crippen molar-refractivity contribution in [3.8, 4) is 17.2 Å². The van der Waals surface area contributed by atoms with Gasteiger partial charge in [-0.25, -0.2) is 5.43 Å². The second kappa shape index (κ2) is 9.84. The third-order valence-electron chi connectivity index (χ3n) is 5.94. The summed E-state index contributed by atoms with van der Waals surface area (Å²) in [5.41, 5.74) is 6.36. The summed E-state index contributed by atoms with van der Waals surface area (Å²) < 4.78 is 13.6. The number of aromatic hydroxyl groups is 1. The van der Waals surface area contributed by atoms with Crippen LogP contribution >= 0.6 is 0 Å². The number of phenolic OH excluding ortho intramolecular Hbond substituents is 1. The van der Waals surface area contributed by atoms with Gasteiger partial charge in [-0.15, -0.1) is 0 Å². The number of aryl methyl sites for hydroxylation is 2. The first-order chi connectivity index (χ1) is 17.5. The molecule has 0 fully saturated rings. The molecule has 2 N–H and O–H groups in total. The highest BCUT2D eigenvalue weighted by molar-refractivity contribution is 6.02. The quantitative estimate of drug-likeness (QED) is 0.225. The number of ether oxygens (including phenoxy) is 1. The molecule has 0 aliphatic heterocycles. The van der Waals surface area contributed by atoms with Gasteiger partial charge in [0.1, 0.15) is 23.9 Å². The number of rotatable bonds is 7. The van der Waals surface area contributed by atoms with E-state index in [-0.39, 0.29) is 18.1 Å². The predicted molar refractivity (Wildman–Crippen MR) is 139 cm³/mol. The van der Waals surface area contributed by atoms with Crippen molar-refractivity contribution in [1.82, 2.24) is 9.99 Å². The van der Waals surface area contributed by atoms with E-state index in [1.165, 1.54) is 17.6 Å². The molecule has 180 valence electrons. The van der Waals surface area contributed by atoms with Gasteiger partial charge in [0, 0.05) is 22.6 Å². The van der Waals surface area contributed by atoms with Gasteiger partial charge in [-0.1, -0.05) is 30.3 Å². The van der Waals surface area contributed by atoms with Crippen LogP contribution in [0.4, 0.5) is 0 Å². The lowest BCUT2D eigenvalue weighted by molar-refractivity contribution is 0.0923. The fourth-order valence-electron chi connectivity index (χ4n) is 4.13. The highest BCUT2D eigenvalue weighted by Crippen LogP contribution is 2.25. The molecule has 36 heavy (non-hydrogen) atoms. The molecule has 2 heterocycles. The Kier molecular flexibility index (Phi) is 6.28. The lowest BCUT2D eigenvalue weighted by Crippen LogP contribution is -2.16. The fourth-order valence-corrected chi connectivity index (χ4v) is 4.13. The predicted octanol–water partition coefficient (Wildman–Crippen LogP) is 5.89. The molecule has 0 aliphatic rings. The second-order valence-electron chi connectivity index (χ2n) is 8.42. The Hall–Kier alpha value is -4.78. The average Bonchev–Trinajstić information content (AvgIpc) is 3.50. The lowest BCUT2D eigenvalue weighted by Gasteiger charge is -2.10. The maximum atomic E-state index is 12.5. The average molecular weight is 480 g/mol. The molecule has 1 amide bonds. The van der Waals surface area contributed by atoms with Crippen LogP contribution in [0.5, 0.6) is 11.5 Å². The lowest BCUT2D eigenvalue weighted by atomic mass is 10.0. The Morgan fingerprint density at radius 3 is 2.50 bits per heavy atom. The number of hydrogen-bond donors (Lipinski definition) is 2. The van der Waals surface area contributed by atoms with Crippen molar-refractivity contribution < 1.29 is 19.1 Å². The monoisotopic (exact) mass is 479 g/mol. The van der Waals surface area contributed by atoms with Crippen molar-refractivity contribution in [2.75, 3.05) is 0 Å². The van der Waals surface area contributed by atoms with E-state index in [2.05, 4.69) is 41.1 Å². The molecule has 0 aliphatic carbocycles. The van der Waals surface area contributed by atoms with E-state index in [1.54, 1.807) is 18.2 Å². The number of phenols is 1. The molecule has 5 aromatic rings. The van der Waals surface area contributed by atoms with Crippen LogP contribution in [0, 0.1) is 13.8 Å². The maximum Gasteiger partial charge on any atom is 0.307 e. The normalized spacial score (nSPS) is 11.3. The number of nitrogens with zero attached hydrogens (tertiary/aromatic N) is 2. The molecule has 0 spiro atoms. The molecule has 0 unspecified atom stereocenters. The summed E-state index contributed by atoms with van der Waals surface area (Å²) in [5.74, 6) is 0.900. The number of hydrazone groups is 1. The first-order valence-corrected chi connectivity index (χ1v) is 11.5. The van der Waals surface area contributed by atoms with E-state index < -0.39 is 5.91 Å². The molecule has 5 rings (SSSR count). The molecule has 0 saturated carbocycles. The van der Waals surface area contributed by atoms with Crippen LogP contribution in [0.25, 0.3) is 16.5 Å². The third kappa shape index (κ3) is 4.72. The van der Waals surface area contributed by atoms with Crippen LogP contribution in [-0.4, -0.2) is 21.8 Å². The summed E-state index contributed by atoms with van der Waals surface area (Å²) in [6.45, 7) is 4.32. The molecular formula is C29H25N3O4. The zero-order valence-electron chi connectivity index (χ0n) is 19.9.